The Kier molecular flexibility index (Phi) is 8.65. The third-order valence-electron chi connectivity index (χ3n) is 6.19. The Balaban J connectivity index is 2.17. The topological polar surface area (TPSA) is 38.2 Å². The van der Waals surface area contributed by atoms with Crippen molar-refractivity contribution in [1.29, 1.82) is 0 Å². The van der Waals surface area contributed by atoms with Gasteiger partial charge in [-0.1, -0.05) is 58.9 Å². The molecule has 0 spiro atoms. The van der Waals surface area contributed by atoms with Crippen molar-refractivity contribution < 1.29 is 4.74 Å². The Hall–Kier alpha value is -2.10. The van der Waals surface area contributed by atoms with Crippen molar-refractivity contribution in [1.82, 2.24) is 4.57 Å². The average molecular weight is 498 g/mol. The lowest BCUT2D eigenvalue weighted by Crippen LogP contribution is -2.13. The molecule has 0 aliphatic rings. The Morgan fingerprint density at radius 2 is 1.85 bits per heavy atom. The molecule has 1 atom stereocenters. The Labute approximate surface area is 211 Å². The van der Waals surface area contributed by atoms with Crippen LogP contribution in [0.15, 0.2) is 42.5 Å². The lowest BCUT2D eigenvalue weighted by atomic mass is 9.86. The van der Waals surface area contributed by atoms with E-state index >= 15 is 0 Å². The largest absolute Gasteiger partial charge is 0.492 e. The number of allylic oxidation sites excluding steroid dienone is 1. The molecule has 34 heavy (non-hydrogen) atoms. The maximum atomic E-state index is 5.97. The standard InChI is InChI=1S/C28H40N3OPS/c1-10-13-22(25-16-20-15-12-14-19(11-2)26(20)31(25)6)29-23-17-21(28(3,4)5)18-24(27(23)32-7)30-33(8)34-9/h12-18,29-30H,10-11H2,1-9H3/b22-13-. The first-order chi connectivity index (χ1) is 16.1. The first kappa shape index (κ1) is 26.5. The Bertz CT molecular complexity index is 1180. The molecule has 0 aliphatic carbocycles. The number of rotatable bonds is 9. The van der Waals surface area contributed by atoms with E-state index in [0.717, 1.165) is 35.7 Å². The highest BCUT2D eigenvalue weighted by molar-refractivity contribution is 8.55. The smallest absolute Gasteiger partial charge is 0.165 e. The summed E-state index contributed by atoms with van der Waals surface area (Å²) in [6.07, 6.45) is 6.36. The molecule has 0 radical (unpaired) electrons. The monoisotopic (exact) mass is 497 g/mol. The number of nitrogens with one attached hydrogen (secondary N) is 2. The summed E-state index contributed by atoms with van der Waals surface area (Å²) in [6.45, 7) is 13.4. The van der Waals surface area contributed by atoms with E-state index < -0.39 is 7.27 Å². The Morgan fingerprint density at radius 3 is 2.44 bits per heavy atom. The van der Waals surface area contributed by atoms with E-state index in [1.165, 1.54) is 27.7 Å². The van der Waals surface area contributed by atoms with E-state index in [0.29, 0.717) is 0 Å². The van der Waals surface area contributed by atoms with Crippen LogP contribution < -0.4 is 15.1 Å². The molecular weight excluding hydrogens is 457 g/mol. The predicted molar refractivity (Wildman–Crippen MR) is 156 cm³/mol. The minimum atomic E-state index is -0.393. The number of para-hydroxylation sites is 1. The number of ether oxygens (including phenoxy) is 1. The molecule has 1 heterocycles. The lowest BCUT2D eigenvalue weighted by molar-refractivity contribution is 0.418. The molecule has 0 saturated carbocycles. The zero-order valence-corrected chi connectivity index (χ0v) is 23.9. The second kappa shape index (κ2) is 11.1. The van der Waals surface area contributed by atoms with Crippen molar-refractivity contribution >= 4 is 46.6 Å². The minimum Gasteiger partial charge on any atom is -0.492 e. The van der Waals surface area contributed by atoms with E-state index in [1.54, 1.807) is 7.11 Å². The number of nitrogens with zero attached hydrogens (tertiary/aromatic N) is 1. The molecule has 4 nitrogen and oxygen atoms in total. The fourth-order valence-electron chi connectivity index (χ4n) is 4.29. The number of benzene rings is 2. The summed E-state index contributed by atoms with van der Waals surface area (Å²) >= 11 is 1.85. The Morgan fingerprint density at radius 1 is 1.15 bits per heavy atom. The molecule has 2 aromatic carbocycles. The van der Waals surface area contributed by atoms with Crippen LogP contribution in [0.2, 0.25) is 0 Å². The molecule has 0 aliphatic heterocycles. The third kappa shape index (κ3) is 5.58. The summed E-state index contributed by atoms with van der Waals surface area (Å²) in [5.41, 5.74) is 8.26. The zero-order chi connectivity index (χ0) is 25.0. The van der Waals surface area contributed by atoms with E-state index in [9.17, 15) is 0 Å². The molecule has 0 fully saturated rings. The average Bonchev–Trinajstić information content (AvgIpc) is 3.14. The number of aryl methyl sites for hydroxylation is 2. The molecule has 0 bridgehead atoms. The third-order valence-corrected chi connectivity index (χ3v) is 9.21. The van der Waals surface area contributed by atoms with Gasteiger partial charge in [-0.3, -0.25) is 0 Å². The van der Waals surface area contributed by atoms with Crippen LogP contribution in [-0.4, -0.2) is 24.6 Å². The number of anilines is 2. The van der Waals surface area contributed by atoms with Gasteiger partial charge in [-0.2, -0.15) is 0 Å². The molecule has 1 aromatic heterocycles. The van der Waals surface area contributed by atoms with E-state index in [-0.39, 0.29) is 5.41 Å². The van der Waals surface area contributed by atoms with Crippen molar-refractivity contribution in [3.8, 4) is 5.75 Å². The summed E-state index contributed by atoms with van der Waals surface area (Å²) in [4.78, 5) is 0. The molecule has 184 valence electrons. The summed E-state index contributed by atoms with van der Waals surface area (Å²) in [5, 5.41) is 8.74. The van der Waals surface area contributed by atoms with Crippen LogP contribution in [-0.2, 0) is 18.9 Å². The maximum absolute atomic E-state index is 5.97. The van der Waals surface area contributed by atoms with Crippen LogP contribution in [0, 0.1) is 0 Å². The number of hydrogen-bond donors (Lipinski definition) is 2. The van der Waals surface area contributed by atoms with Crippen LogP contribution in [0.1, 0.15) is 57.9 Å². The van der Waals surface area contributed by atoms with Gasteiger partial charge in [0.25, 0.3) is 0 Å². The summed E-state index contributed by atoms with van der Waals surface area (Å²) in [5.74, 6) is 0.853. The van der Waals surface area contributed by atoms with E-state index in [1.807, 2.05) is 11.4 Å². The van der Waals surface area contributed by atoms with Crippen molar-refractivity contribution in [2.24, 2.45) is 7.05 Å². The number of methoxy groups -OCH3 is 1. The second-order valence-corrected chi connectivity index (χ2v) is 13.9. The van der Waals surface area contributed by atoms with Gasteiger partial charge in [0, 0.05) is 19.7 Å². The van der Waals surface area contributed by atoms with Crippen molar-refractivity contribution in [2.75, 3.05) is 30.4 Å². The van der Waals surface area contributed by atoms with Crippen LogP contribution in [0.4, 0.5) is 11.4 Å². The van der Waals surface area contributed by atoms with E-state index in [2.05, 4.69) is 112 Å². The normalized spacial score (nSPS) is 13.3. The number of fused-ring (bicyclic) bond motifs is 1. The highest BCUT2D eigenvalue weighted by Crippen LogP contribution is 2.49. The molecule has 6 heteroatoms. The van der Waals surface area contributed by atoms with Gasteiger partial charge in [0.2, 0.25) is 0 Å². The van der Waals surface area contributed by atoms with Crippen molar-refractivity contribution in [2.45, 2.75) is 52.9 Å². The number of aromatic nitrogens is 1. The van der Waals surface area contributed by atoms with Gasteiger partial charge in [0.1, 0.15) is 0 Å². The summed E-state index contributed by atoms with van der Waals surface area (Å²) in [7, 11) is 3.53. The predicted octanol–water partition coefficient (Wildman–Crippen LogP) is 8.63. The molecule has 2 N–H and O–H groups in total. The van der Waals surface area contributed by atoms with Gasteiger partial charge in [0.15, 0.2) is 5.75 Å². The van der Waals surface area contributed by atoms with Gasteiger partial charge in [0.05, 0.1) is 35.4 Å². The van der Waals surface area contributed by atoms with Crippen molar-refractivity contribution in [3.05, 3.63) is 59.3 Å². The molecule has 1 unspecified atom stereocenters. The molecule has 0 amide bonds. The van der Waals surface area contributed by atoms with Crippen LogP contribution >= 0.6 is 18.7 Å². The van der Waals surface area contributed by atoms with Gasteiger partial charge in [-0.15, -0.1) is 11.4 Å². The van der Waals surface area contributed by atoms with Crippen LogP contribution in [0.3, 0.4) is 0 Å². The summed E-state index contributed by atoms with van der Waals surface area (Å²) in [6, 6.07) is 13.4. The van der Waals surface area contributed by atoms with Gasteiger partial charge >= 0.3 is 0 Å². The minimum absolute atomic E-state index is 0.0132. The molecule has 0 saturated heterocycles. The van der Waals surface area contributed by atoms with E-state index in [4.69, 9.17) is 4.74 Å². The van der Waals surface area contributed by atoms with Gasteiger partial charge in [-0.25, -0.2) is 0 Å². The van der Waals surface area contributed by atoms with Crippen molar-refractivity contribution in [3.63, 3.8) is 0 Å². The molecular formula is C28H40N3OPS. The molecule has 3 rings (SSSR count). The van der Waals surface area contributed by atoms with Crippen LogP contribution in [0.25, 0.3) is 16.6 Å². The lowest BCUT2D eigenvalue weighted by Gasteiger charge is -2.26. The highest BCUT2D eigenvalue weighted by atomic mass is 32.7. The quantitative estimate of drug-likeness (QED) is 0.290. The fraction of sp³-hybridized carbons (Fsp3) is 0.429. The van der Waals surface area contributed by atoms with Crippen LogP contribution in [0.5, 0.6) is 5.75 Å². The van der Waals surface area contributed by atoms with Gasteiger partial charge < -0.3 is 19.7 Å². The number of hydrogen-bond acceptors (Lipinski definition) is 4. The second-order valence-electron chi connectivity index (χ2n) is 9.59. The maximum Gasteiger partial charge on any atom is 0.165 e. The first-order valence-electron chi connectivity index (χ1n) is 12.0. The fourth-order valence-corrected chi connectivity index (χ4v) is 5.45. The van der Waals surface area contributed by atoms with Gasteiger partial charge in [-0.05, 0) is 60.5 Å². The summed E-state index contributed by atoms with van der Waals surface area (Å²) < 4.78 is 8.29. The molecule has 3 aromatic rings. The first-order valence-corrected chi connectivity index (χ1v) is 15.6. The zero-order valence-electron chi connectivity index (χ0n) is 22.2. The highest BCUT2D eigenvalue weighted by Gasteiger charge is 2.22. The SMILES string of the molecule is CC/C=C(\Nc1cc(C(C)(C)C)cc(NP(C)SC)c1OC)c1cc2cccc(CC)c2n1C.